The van der Waals surface area contributed by atoms with Gasteiger partial charge < -0.3 is 32.9 Å². The third-order valence-electron chi connectivity index (χ3n) is 0. The van der Waals surface area contributed by atoms with Crippen molar-refractivity contribution in [2.24, 2.45) is 0 Å². The first-order valence-electron chi connectivity index (χ1n) is 0. The molecule has 0 saturated heterocycles. The van der Waals surface area contributed by atoms with Crippen molar-refractivity contribution in [1.82, 2.24) is 0 Å². The molecule has 0 rings (SSSR count). The van der Waals surface area contributed by atoms with E-state index in [4.69, 9.17) is 0 Å². The molecule has 0 bridgehead atoms. The molecule has 0 spiro atoms. The summed E-state index contributed by atoms with van der Waals surface area (Å²) < 4.78 is 0. The molecular formula is AlLaO6SrTi. The van der Waals surface area contributed by atoms with Gasteiger partial charge in [-0.2, -0.15) is 0 Å². The molecule has 0 aromatic carbocycles. The molecular weight excluding hydrogens is 397 g/mol. The van der Waals surface area contributed by atoms with Gasteiger partial charge >= 0.3 is 120 Å². The number of rotatable bonds is 0. The third kappa shape index (κ3) is 98.3. The predicted octanol–water partition coefficient (Wildman–Crippen LogP) is -1.48. The number of hydrogen-bond acceptors (Lipinski definition) is 0. The summed E-state index contributed by atoms with van der Waals surface area (Å²) in [6, 6.07) is 0. The van der Waals surface area contributed by atoms with Gasteiger partial charge in [0.1, 0.15) is 0 Å². The van der Waals surface area contributed by atoms with E-state index >= 15 is 0 Å². The molecule has 6 nitrogen and oxygen atoms in total. The van der Waals surface area contributed by atoms with E-state index in [1.165, 1.54) is 0 Å². The van der Waals surface area contributed by atoms with E-state index in [9.17, 15) is 0 Å². The fraction of sp³-hybridized carbons (Fsp3) is 0. The maximum atomic E-state index is 0. The van der Waals surface area contributed by atoms with Gasteiger partial charge in [-0.1, -0.05) is 0 Å². The molecule has 48 valence electrons. The van der Waals surface area contributed by atoms with Gasteiger partial charge in [-0.3, -0.25) is 0 Å². The summed E-state index contributed by atoms with van der Waals surface area (Å²) in [6.07, 6.45) is 0. The van der Waals surface area contributed by atoms with Crippen molar-refractivity contribution in [3.05, 3.63) is 0 Å². The van der Waals surface area contributed by atoms with E-state index in [1.807, 2.05) is 0 Å². The van der Waals surface area contributed by atoms with Gasteiger partial charge in [-0.15, -0.1) is 0 Å². The summed E-state index contributed by atoms with van der Waals surface area (Å²) in [7, 11) is 0. The Morgan fingerprint density at radius 2 is 0.500 bits per heavy atom. The van der Waals surface area contributed by atoms with Crippen LogP contribution < -0.4 is 0 Å². The molecule has 0 aliphatic carbocycles. The smallest absolute Gasteiger partial charge is 2.00 e. The standard InChI is InChI=1S/Al.La.6O.Sr.Ti/q2*+3;6*-2;+2;+4. The van der Waals surface area contributed by atoms with Gasteiger partial charge in [0, 0.05) is 0 Å². The molecule has 10 heteroatoms. The summed E-state index contributed by atoms with van der Waals surface area (Å²) in [5, 5.41) is 0. The quantitative estimate of drug-likeness (QED) is 0.435. The first-order valence-corrected chi connectivity index (χ1v) is 0. The maximum absolute atomic E-state index is 0. The Balaban J connectivity index is 0. The zero-order chi connectivity index (χ0) is 0. The predicted molar refractivity (Wildman–Crippen MR) is 15.6 cm³/mol. The molecule has 0 aliphatic rings. The van der Waals surface area contributed by atoms with Crippen molar-refractivity contribution in [3.8, 4) is 0 Å². The molecule has 0 aromatic rings. The monoisotopic (exact) mass is 398 g/mol. The van der Waals surface area contributed by atoms with E-state index in [0.29, 0.717) is 0 Å². The zero-order valence-electron chi connectivity index (χ0n) is 4.81. The Morgan fingerprint density at radius 3 is 0.500 bits per heavy atom. The minimum absolute atomic E-state index is 0. The molecule has 0 fully saturated rings. The van der Waals surface area contributed by atoms with Gasteiger partial charge in [-0.05, 0) is 0 Å². The van der Waals surface area contributed by atoms with Crippen LogP contribution in [-0.4, -0.2) is 62.8 Å². The van der Waals surface area contributed by atoms with Crippen molar-refractivity contribution in [3.63, 3.8) is 0 Å². The average Bonchev–Trinajstić information content (AvgIpc) is 0. The summed E-state index contributed by atoms with van der Waals surface area (Å²) in [4.78, 5) is 0. The number of hydrogen-bond donors (Lipinski definition) is 0. The molecule has 0 aliphatic heterocycles. The van der Waals surface area contributed by atoms with Crippen LogP contribution in [0.1, 0.15) is 0 Å². The topological polar surface area (TPSA) is 171 Å². The van der Waals surface area contributed by atoms with Crippen LogP contribution >= 0.6 is 0 Å². The van der Waals surface area contributed by atoms with Crippen LogP contribution in [0.4, 0.5) is 0 Å². The molecule has 10 heavy (non-hydrogen) atoms. The van der Waals surface area contributed by atoms with Gasteiger partial charge in [0.25, 0.3) is 0 Å². The minimum atomic E-state index is 0. The Hall–Kier alpha value is 3.68. The molecule has 0 N–H and O–H groups in total. The van der Waals surface area contributed by atoms with Crippen LogP contribution in [0.5, 0.6) is 0 Å². The first kappa shape index (κ1) is 162. The molecule has 0 aromatic heterocycles. The van der Waals surface area contributed by atoms with Crippen molar-refractivity contribution in [1.29, 1.82) is 0 Å². The van der Waals surface area contributed by atoms with Crippen molar-refractivity contribution in [2.75, 3.05) is 0 Å². The SMILES string of the molecule is [Al+3].[La+3].[O-2].[O-2].[O-2].[O-2].[O-2].[O-2].[Sr+2].[Ti+4]. The Morgan fingerprint density at radius 1 is 0.500 bits per heavy atom. The van der Waals surface area contributed by atoms with Crippen LogP contribution in [0.2, 0.25) is 0 Å². The van der Waals surface area contributed by atoms with Gasteiger partial charge in [0.15, 0.2) is 0 Å². The van der Waals surface area contributed by atoms with Crippen LogP contribution in [-0.2, 0) is 54.6 Å². The Bertz CT molecular complexity index is 17.7. The minimum Gasteiger partial charge on any atom is -2.00 e. The summed E-state index contributed by atoms with van der Waals surface area (Å²) in [5.41, 5.74) is 0. The van der Waals surface area contributed by atoms with E-state index in [2.05, 4.69) is 0 Å². The van der Waals surface area contributed by atoms with Crippen LogP contribution in [0.25, 0.3) is 0 Å². The fourth-order valence-electron chi connectivity index (χ4n) is 0. The van der Waals surface area contributed by atoms with Crippen molar-refractivity contribution < 1.29 is 90.2 Å². The molecule has 0 radical (unpaired) electrons. The molecule has 0 unspecified atom stereocenters. The summed E-state index contributed by atoms with van der Waals surface area (Å²) in [6.45, 7) is 0. The van der Waals surface area contributed by atoms with Crippen molar-refractivity contribution in [2.45, 2.75) is 0 Å². The van der Waals surface area contributed by atoms with Crippen molar-refractivity contribution >= 4 is 62.8 Å². The average molecular weight is 397 g/mol. The Kier molecular flexibility index (Phi) is 2070. The fourth-order valence-corrected chi connectivity index (χ4v) is 0. The first-order chi connectivity index (χ1) is 0. The normalized spacial score (nSPS) is 0. The zero-order valence-corrected chi connectivity index (χ0v) is 14.6. The Labute approximate surface area is 150 Å². The van der Waals surface area contributed by atoms with E-state index < -0.39 is 0 Å². The summed E-state index contributed by atoms with van der Waals surface area (Å²) in [5.74, 6) is 0. The summed E-state index contributed by atoms with van der Waals surface area (Å²) >= 11 is 0. The van der Waals surface area contributed by atoms with Crippen LogP contribution in [0.3, 0.4) is 0 Å². The van der Waals surface area contributed by atoms with Crippen LogP contribution in [0, 0.1) is 35.6 Å². The van der Waals surface area contributed by atoms with Gasteiger partial charge in [-0.25, -0.2) is 0 Å². The molecule has 0 saturated carbocycles. The third-order valence-corrected chi connectivity index (χ3v) is 0. The second kappa shape index (κ2) is 128. The van der Waals surface area contributed by atoms with Gasteiger partial charge in [0.05, 0.1) is 0 Å². The second-order valence-corrected chi connectivity index (χ2v) is 0. The van der Waals surface area contributed by atoms with E-state index in [0.717, 1.165) is 0 Å². The largest absolute Gasteiger partial charge is 4.00 e. The van der Waals surface area contributed by atoms with E-state index in [-0.39, 0.29) is 153 Å². The van der Waals surface area contributed by atoms with Gasteiger partial charge in [0.2, 0.25) is 0 Å². The van der Waals surface area contributed by atoms with E-state index in [1.54, 1.807) is 0 Å². The molecule has 0 amide bonds. The molecule has 0 heterocycles. The molecule has 0 atom stereocenters. The maximum Gasteiger partial charge on any atom is 4.00 e. The second-order valence-electron chi connectivity index (χ2n) is 0. The van der Waals surface area contributed by atoms with Crippen LogP contribution in [0.15, 0.2) is 0 Å².